The van der Waals surface area contributed by atoms with Crippen LogP contribution in [0.15, 0.2) is 18.2 Å². The van der Waals surface area contributed by atoms with Gasteiger partial charge >= 0.3 is 0 Å². The lowest BCUT2D eigenvalue weighted by Gasteiger charge is -2.15. The number of nitrogens with zero attached hydrogens (tertiary/aromatic N) is 1. The fourth-order valence-electron chi connectivity index (χ4n) is 2.14. The molecule has 0 bridgehead atoms. The number of halogens is 2. The van der Waals surface area contributed by atoms with Gasteiger partial charge in [0.2, 0.25) is 0 Å². The van der Waals surface area contributed by atoms with Crippen LogP contribution >= 0.6 is 0 Å². The maximum Gasteiger partial charge on any atom is 0.149 e. The third kappa shape index (κ3) is 2.16. The topological polar surface area (TPSA) is 15.3 Å². The summed E-state index contributed by atoms with van der Waals surface area (Å²) in [5.74, 6) is -1.05. The summed E-state index contributed by atoms with van der Waals surface area (Å²) >= 11 is 0. The number of nitrogens with one attached hydrogen (secondary N) is 1. The first kappa shape index (κ1) is 11.3. The average Bonchev–Trinajstić information content (AvgIpc) is 2.53. The molecule has 0 aliphatic carbocycles. The van der Waals surface area contributed by atoms with E-state index in [-0.39, 0.29) is 11.7 Å². The van der Waals surface area contributed by atoms with Gasteiger partial charge in [0, 0.05) is 18.6 Å². The van der Waals surface area contributed by atoms with Crippen LogP contribution in [0.25, 0.3) is 0 Å². The SMILES string of the molecule is CC1CC(Nc2c(F)cccc2F)CN1C. The minimum absolute atomic E-state index is 0.00463. The Kier molecular flexibility index (Phi) is 3.10. The van der Waals surface area contributed by atoms with Crippen LogP contribution in [0.3, 0.4) is 0 Å². The molecule has 0 radical (unpaired) electrons. The largest absolute Gasteiger partial charge is 0.376 e. The van der Waals surface area contributed by atoms with Gasteiger partial charge in [-0.05, 0) is 32.5 Å². The molecule has 0 aromatic heterocycles. The van der Waals surface area contributed by atoms with Crippen molar-refractivity contribution in [1.29, 1.82) is 0 Å². The first-order valence-corrected chi connectivity index (χ1v) is 5.48. The van der Waals surface area contributed by atoms with Crippen molar-refractivity contribution in [2.75, 3.05) is 18.9 Å². The second-order valence-corrected chi connectivity index (χ2v) is 4.46. The molecule has 1 saturated heterocycles. The van der Waals surface area contributed by atoms with Gasteiger partial charge in [-0.3, -0.25) is 0 Å². The van der Waals surface area contributed by atoms with Gasteiger partial charge in [-0.2, -0.15) is 0 Å². The molecule has 1 N–H and O–H groups in total. The second-order valence-electron chi connectivity index (χ2n) is 4.46. The third-order valence-corrected chi connectivity index (χ3v) is 3.20. The van der Waals surface area contributed by atoms with Crippen molar-refractivity contribution in [1.82, 2.24) is 4.90 Å². The Bertz CT molecular complexity index is 351. The Labute approximate surface area is 94.3 Å². The molecule has 88 valence electrons. The molecule has 4 heteroatoms. The molecule has 1 aromatic carbocycles. The first-order chi connectivity index (χ1) is 7.58. The van der Waals surface area contributed by atoms with Crippen LogP contribution in [0.2, 0.25) is 0 Å². The van der Waals surface area contributed by atoms with E-state index >= 15 is 0 Å². The van der Waals surface area contributed by atoms with Gasteiger partial charge in [-0.1, -0.05) is 6.07 Å². The smallest absolute Gasteiger partial charge is 0.149 e. The number of rotatable bonds is 2. The zero-order chi connectivity index (χ0) is 11.7. The summed E-state index contributed by atoms with van der Waals surface area (Å²) in [6.07, 6.45) is 0.907. The van der Waals surface area contributed by atoms with Crippen LogP contribution in [-0.2, 0) is 0 Å². The van der Waals surface area contributed by atoms with Crippen LogP contribution in [0.4, 0.5) is 14.5 Å². The van der Waals surface area contributed by atoms with Gasteiger partial charge < -0.3 is 10.2 Å². The molecule has 1 fully saturated rings. The van der Waals surface area contributed by atoms with Gasteiger partial charge in [-0.15, -0.1) is 0 Å². The van der Waals surface area contributed by atoms with E-state index in [9.17, 15) is 8.78 Å². The normalized spacial score (nSPS) is 26.0. The van der Waals surface area contributed by atoms with Crippen molar-refractivity contribution in [2.24, 2.45) is 0 Å². The van der Waals surface area contributed by atoms with Gasteiger partial charge in [0.25, 0.3) is 0 Å². The summed E-state index contributed by atoms with van der Waals surface area (Å²) in [6, 6.07) is 4.49. The van der Waals surface area contributed by atoms with Crippen molar-refractivity contribution in [2.45, 2.75) is 25.4 Å². The summed E-state index contributed by atoms with van der Waals surface area (Å²) < 4.78 is 26.8. The zero-order valence-corrected chi connectivity index (χ0v) is 9.50. The van der Waals surface area contributed by atoms with Crippen molar-refractivity contribution in [3.05, 3.63) is 29.8 Å². The predicted octanol–water partition coefficient (Wildman–Crippen LogP) is 2.47. The predicted molar refractivity (Wildman–Crippen MR) is 60.5 cm³/mol. The maximum atomic E-state index is 13.4. The van der Waals surface area contributed by atoms with Crippen LogP contribution in [0, 0.1) is 11.6 Å². The standard InChI is InChI=1S/C12H16F2N2/c1-8-6-9(7-16(8)2)15-12-10(13)4-3-5-11(12)14/h3-5,8-9,15H,6-7H2,1-2H3. The number of benzene rings is 1. The summed E-state index contributed by atoms with van der Waals surface area (Å²) in [6.45, 7) is 2.92. The number of likely N-dealkylation sites (N-methyl/N-ethyl adjacent to an activating group) is 1. The van der Waals surface area contributed by atoms with E-state index < -0.39 is 11.6 Å². The molecule has 1 aromatic rings. The molecule has 0 spiro atoms. The van der Waals surface area contributed by atoms with E-state index in [1.807, 2.05) is 7.05 Å². The molecule has 1 aliphatic heterocycles. The highest BCUT2D eigenvalue weighted by Crippen LogP contribution is 2.23. The monoisotopic (exact) mass is 226 g/mol. The minimum atomic E-state index is -0.526. The number of likely N-dealkylation sites (tertiary alicyclic amines) is 1. The summed E-state index contributed by atoms with van der Waals surface area (Å²) in [4.78, 5) is 2.18. The number of para-hydroxylation sites is 1. The van der Waals surface area contributed by atoms with E-state index in [1.54, 1.807) is 0 Å². The maximum absolute atomic E-state index is 13.4. The molecule has 16 heavy (non-hydrogen) atoms. The van der Waals surface area contributed by atoms with Crippen molar-refractivity contribution in [3.8, 4) is 0 Å². The van der Waals surface area contributed by atoms with Crippen molar-refractivity contribution in [3.63, 3.8) is 0 Å². The lowest BCUT2D eigenvalue weighted by molar-refractivity contribution is 0.330. The Morgan fingerprint density at radius 2 is 1.94 bits per heavy atom. The summed E-state index contributed by atoms with van der Waals surface area (Å²) in [5.41, 5.74) is -0.00463. The molecule has 2 atom stereocenters. The van der Waals surface area contributed by atoms with Gasteiger partial charge in [0.05, 0.1) is 0 Å². The van der Waals surface area contributed by atoms with Crippen LogP contribution in [0.1, 0.15) is 13.3 Å². The zero-order valence-electron chi connectivity index (χ0n) is 9.50. The highest BCUT2D eigenvalue weighted by molar-refractivity contribution is 5.47. The van der Waals surface area contributed by atoms with E-state index in [2.05, 4.69) is 17.1 Å². The van der Waals surface area contributed by atoms with Crippen LogP contribution < -0.4 is 5.32 Å². The van der Waals surface area contributed by atoms with Gasteiger partial charge in [-0.25, -0.2) is 8.78 Å². The van der Waals surface area contributed by atoms with Crippen molar-refractivity contribution < 1.29 is 8.78 Å². The molecule has 1 heterocycles. The Morgan fingerprint density at radius 3 is 2.44 bits per heavy atom. The van der Waals surface area contributed by atoms with Crippen LogP contribution in [0.5, 0.6) is 0 Å². The molecule has 0 amide bonds. The molecule has 0 saturated carbocycles. The molecule has 2 nitrogen and oxygen atoms in total. The Hall–Kier alpha value is -1.16. The average molecular weight is 226 g/mol. The summed E-state index contributed by atoms with van der Waals surface area (Å²) in [7, 11) is 2.02. The minimum Gasteiger partial charge on any atom is -0.376 e. The van der Waals surface area contributed by atoms with Crippen LogP contribution in [-0.4, -0.2) is 30.6 Å². The van der Waals surface area contributed by atoms with Crippen molar-refractivity contribution >= 4 is 5.69 Å². The first-order valence-electron chi connectivity index (χ1n) is 5.48. The van der Waals surface area contributed by atoms with Gasteiger partial charge in [0.1, 0.15) is 17.3 Å². The van der Waals surface area contributed by atoms with E-state index in [1.165, 1.54) is 18.2 Å². The summed E-state index contributed by atoms with van der Waals surface area (Å²) in [5, 5.41) is 2.95. The molecular formula is C12H16F2N2. The number of hydrogen-bond acceptors (Lipinski definition) is 2. The molecular weight excluding hydrogens is 210 g/mol. The second kappa shape index (κ2) is 4.37. The molecule has 2 unspecified atom stereocenters. The Morgan fingerprint density at radius 1 is 1.31 bits per heavy atom. The quantitative estimate of drug-likeness (QED) is 0.833. The fourth-order valence-corrected chi connectivity index (χ4v) is 2.14. The fraction of sp³-hybridized carbons (Fsp3) is 0.500. The lowest BCUT2D eigenvalue weighted by Crippen LogP contribution is -2.25. The highest BCUT2D eigenvalue weighted by Gasteiger charge is 2.27. The number of anilines is 1. The molecule has 2 rings (SSSR count). The van der Waals surface area contributed by atoms with E-state index in [0.29, 0.717) is 6.04 Å². The highest BCUT2D eigenvalue weighted by atomic mass is 19.1. The van der Waals surface area contributed by atoms with E-state index in [0.717, 1.165) is 13.0 Å². The lowest BCUT2D eigenvalue weighted by atomic mass is 10.2. The van der Waals surface area contributed by atoms with E-state index in [4.69, 9.17) is 0 Å². The molecule has 1 aliphatic rings. The van der Waals surface area contributed by atoms with Gasteiger partial charge in [0.15, 0.2) is 0 Å². The number of hydrogen-bond donors (Lipinski definition) is 1. The Balaban J connectivity index is 2.10. The third-order valence-electron chi connectivity index (χ3n) is 3.20.